The van der Waals surface area contributed by atoms with E-state index in [4.69, 9.17) is 4.74 Å². The maximum absolute atomic E-state index is 12.0. The number of anilines is 2. The van der Waals surface area contributed by atoms with Crippen molar-refractivity contribution in [3.05, 3.63) is 58.6 Å². The monoisotopic (exact) mass is 357 g/mol. The van der Waals surface area contributed by atoms with E-state index in [2.05, 4.69) is 10.6 Å². The molecule has 0 atom stereocenters. The molecule has 0 aliphatic carbocycles. The second-order valence-corrected chi connectivity index (χ2v) is 5.44. The van der Waals surface area contributed by atoms with Crippen LogP contribution < -0.4 is 15.4 Å². The molecule has 2 N–H and O–H groups in total. The van der Waals surface area contributed by atoms with Gasteiger partial charge in [0.15, 0.2) is 12.4 Å². The van der Waals surface area contributed by atoms with E-state index in [9.17, 15) is 19.7 Å². The Morgan fingerprint density at radius 3 is 2.35 bits per heavy atom. The van der Waals surface area contributed by atoms with Crippen molar-refractivity contribution in [2.24, 2.45) is 0 Å². The molecule has 0 radical (unpaired) electrons. The summed E-state index contributed by atoms with van der Waals surface area (Å²) in [5.74, 6) is -0.552. The van der Waals surface area contributed by atoms with Gasteiger partial charge in [0, 0.05) is 23.9 Å². The van der Waals surface area contributed by atoms with Crippen molar-refractivity contribution in [1.82, 2.24) is 0 Å². The SMILES string of the molecule is CCCC(=O)Nc1cccc(NC(=O)COc2ccccc2[N+](=O)[O-])c1. The number of nitrogens with zero attached hydrogens (tertiary/aromatic N) is 1. The number of carbonyl (C=O) groups is 2. The third-order valence-electron chi connectivity index (χ3n) is 3.33. The fourth-order valence-corrected chi connectivity index (χ4v) is 2.20. The lowest BCUT2D eigenvalue weighted by atomic mass is 10.2. The number of nitro benzene ring substituents is 1. The van der Waals surface area contributed by atoms with E-state index in [0.29, 0.717) is 17.8 Å². The van der Waals surface area contributed by atoms with Gasteiger partial charge >= 0.3 is 5.69 Å². The molecular formula is C18H19N3O5. The van der Waals surface area contributed by atoms with Gasteiger partial charge in [-0.1, -0.05) is 25.1 Å². The Balaban J connectivity index is 1.94. The van der Waals surface area contributed by atoms with Crippen LogP contribution >= 0.6 is 0 Å². The molecule has 0 heterocycles. The van der Waals surface area contributed by atoms with Gasteiger partial charge in [-0.3, -0.25) is 19.7 Å². The van der Waals surface area contributed by atoms with E-state index >= 15 is 0 Å². The first-order valence-corrected chi connectivity index (χ1v) is 8.05. The lowest BCUT2D eigenvalue weighted by Crippen LogP contribution is -2.20. The van der Waals surface area contributed by atoms with Gasteiger partial charge in [-0.25, -0.2) is 0 Å². The van der Waals surface area contributed by atoms with E-state index in [1.165, 1.54) is 18.2 Å². The molecule has 26 heavy (non-hydrogen) atoms. The van der Waals surface area contributed by atoms with Crippen LogP contribution in [0, 0.1) is 10.1 Å². The summed E-state index contributed by atoms with van der Waals surface area (Å²) in [4.78, 5) is 34.0. The fourth-order valence-electron chi connectivity index (χ4n) is 2.20. The number of para-hydroxylation sites is 2. The molecule has 2 amide bonds. The minimum absolute atomic E-state index is 0.0215. The number of rotatable bonds is 8. The number of benzene rings is 2. The quantitative estimate of drug-likeness (QED) is 0.556. The number of carbonyl (C=O) groups excluding carboxylic acids is 2. The smallest absolute Gasteiger partial charge is 0.310 e. The largest absolute Gasteiger partial charge is 0.477 e. The Labute approximate surface area is 150 Å². The summed E-state index contributed by atoms with van der Waals surface area (Å²) in [6.45, 7) is 1.53. The predicted molar refractivity (Wildman–Crippen MR) is 97.2 cm³/mol. The van der Waals surface area contributed by atoms with Gasteiger partial charge in [0.25, 0.3) is 5.91 Å². The highest BCUT2D eigenvalue weighted by Gasteiger charge is 2.15. The Bertz CT molecular complexity index is 807. The maximum Gasteiger partial charge on any atom is 0.310 e. The van der Waals surface area contributed by atoms with Crippen molar-refractivity contribution in [3.8, 4) is 5.75 Å². The molecule has 136 valence electrons. The fraction of sp³-hybridized carbons (Fsp3) is 0.222. The molecule has 0 spiro atoms. The summed E-state index contributed by atoms with van der Waals surface area (Å²) < 4.78 is 5.24. The molecule has 0 aliphatic heterocycles. The van der Waals surface area contributed by atoms with Crippen LogP contribution in [0.2, 0.25) is 0 Å². The molecule has 0 fully saturated rings. The van der Waals surface area contributed by atoms with Crippen LogP contribution in [0.4, 0.5) is 17.1 Å². The number of nitrogens with one attached hydrogen (secondary N) is 2. The summed E-state index contributed by atoms with van der Waals surface area (Å²) in [5, 5.41) is 16.3. The molecule has 0 aromatic heterocycles. The molecule has 0 bridgehead atoms. The molecular weight excluding hydrogens is 338 g/mol. The van der Waals surface area contributed by atoms with Crippen LogP contribution in [0.3, 0.4) is 0 Å². The summed E-state index contributed by atoms with van der Waals surface area (Å²) in [5.41, 5.74) is 0.845. The summed E-state index contributed by atoms with van der Waals surface area (Å²) in [6, 6.07) is 12.5. The van der Waals surface area contributed by atoms with Crippen LogP contribution in [0.1, 0.15) is 19.8 Å². The van der Waals surface area contributed by atoms with Gasteiger partial charge in [0.2, 0.25) is 5.91 Å². The lowest BCUT2D eigenvalue weighted by Gasteiger charge is -2.10. The zero-order chi connectivity index (χ0) is 18.9. The minimum atomic E-state index is -0.574. The molecule has 2 aromatic rings. The number of ether oxygens (including phenoxy) is 1. The molecule has 0 aliphatic rings. The Morgan fingerprint density at radius 1 is 1.04 bits per heavy atom. The van der Waals surface area contributed by atoms with E-state index in [-0.39, 0.29) is 24.0 Å². The van der Waals surface area contributed by atoms with Crippen molar-refractivity contribution >= 4 is 28.9 Å². The number of nitro groups is 1. The van der Waals surface area contributed by atoms with Crippen LogP contribution in [0.15, 0.2) is 48.5 Å². The summed E-state index contributed by atoms with van der Waals surface area (Å²) in [6.07, 6.45) is 1.16. The van der Waals surface area contributed by atoms with Gasteiger partial charge in [-0.15, -0.1) is 0 Å². The van der Waals surface area contributed by atoms with Crippen LogP contribution in [0.5, 0.6) is 5.75 Å². The minimum Gasteiger partial charge on any atom is -0.477 e. The molecule has 0 unspecified atom stereocenters. The number of hydrogen-bond acceptors (Lipinski definition) is 5. The van der Waals surface area contributed by atoms with E-state index in [1.807, 2.05) is 6.92 Å². The highest BCUT2D eigenvalue weighted by atomic mass is 16.6. The molecule has 2 aromatic carbocycles. The summed E-state index contributed by atoms with van der Waals surface area (Å²) >= 11 is 0. The van der Waals surface area contributed by atoms with Crippen molar-refractivity contribution in [3.63, 3.8) is 0 Å². The van der Waals surface area contributed by atoms with E-state index in [0.717, 1.165) is 6.42 Å². The molecule has 2 rings (SSSR count). The first-order valence-electron chi connectivity index (χ1n) is 8.05. The first-order chi connectivity index (χ1) is 12.5. The molecule has 8 heteroatoms. The second kappa shape index (κ2) is 9.16. The predicted octanol–water partition coefficient (Wildman–Crippen LogP) is 3.35. The van der Waals surface area contributed by atoms with Crippen LogP contribution in [0.25, 0.3) is 0 Å². The average Bonchev–Trinajstić information content (AvgIpc) is 2.60. The van der Waals surface area contributed by atoms with E-state index < -0.39 is 10.8 Å². The van der Waals surface area contributed by atoms with Gasteiger partial charge in [-0.2, -0.15) is 0 Å². The average molecular weight is 357 g/mol. The Morgan fingerprint density at radius 2 is 1.69 bits per heavy atom. The van der Waals surface area contributed by atoms with Crippen molar-refractivity contribution in [2.45, 2.75) is 19.8 Å². The van der Waals surface area contributed by atoms with Gasteiger partial charge in [0.1, 0.15) is 0 Å². The standard InChI is InChI=1S/C18H19N3O5/c1-2-6-17(22)19-13-7-5-8-14(11-13)20-18(23)12-26-16-10-4-3-9-15(16)21(24)25/h3-5,7-11H,2,6,12H2,1H3,(H,19,22)(H,20,23). The van der Waals surface area contributed by atoms with E-state index in [1.54, 1.807) is 30.3 Å². The lowest BCUT2D eigenvalue weighted by molar-refractivity contribution is -0.385. The zero-order valence-electron chi connectivity index (χ0n) is 14.2. The molecule has 8 nitrogen and oxygen atoms in total. The Kier molecular flexibility index (Phi) is 6.67. The highest BCUT2D eigenvalue weighted by Crippen LogP contribution is 2.25. The third kappa shape index (κ3) is 5.59. The third-order valence-corrected chi connectivity index (χ3v) is 3.33. The van der Waals surface area contributed by atoms with Gasteiger partial charge < -0.3 is 15.4 Å². The topological polar surface area (TPSA) is 111 Å². The number of amides is 2. The molecule has 0 saturated carbocycles. The zero-order valence-corrected chi connectivity index (χ0v) is 14.2. The number of hydrogen-bond donors (Lipinski definition) is 2. The van der Waals surface area contributed by atoms with Gasteiger partial charge in [-0.05, 0) is 30.7 Å². The van der Waals surface area contributed by atoms with Gasteiger partial charge in [0.05, 0.1) is 4.92 Å². The van der Waals surface area contributed by atoms with Crippen LogP contribution in [-0.2, 0) is 9.59 Å². The first kappa shape index (κ1) is 18.9. The maximum atomic E-state index is 12.0. The summed E-state index contributed by atoms with van der Waals surface area (Å²) in [7, 11) is 0. The van der Waals surface area contributed by atoms with Crippen molar-refractivity contribution in [2.75, 3.05) is 17.2 Å². The normalized spacial score (nSPS) is 10.0. The van der Waals surface area contributed by atoms with Crippen molar-refractivity contribution in [1.29, 1.82) is 0 Å². The van der Waals surface area contributed by atoms with Crippen LogP contribution in [-0.4, -0.2) is 23.3 Å². The second-order valence-electron chi connectivity index (χ2n) is 5.44. The highest BCUT2D eigenvalue weighted by molar-refractivity contribution is 5.94. The van der Waals surface area contributed by atoms with Crippen molar-refractivity contribution < 1.29 is 19.2 Å². The Hall–Kier alpha value is -3.42. The molecule has 0 saturated heterocycles.